The highest BCUT2D eigenvalue weighted by Gasteiger charge is 2.55. The maximum atomic E-state index is 16.2. The average Bonchev–Trinajstić information content (AvgIpc) is 2.99. The van der Waals surface area contributed by atoms with E-state index in [0.29, 0.717) is 5.78 Å². The Morgan fingerprint density at radius 3 is 1.06 bits per heavy atom. The predicted octanol–water partition coefficient (Wildman–Crippen LogP) is 9.57. The fourth-order valence-electron chi connectivity index (χ4n) is 9.02. The second-order valence-corrected chi connectivity index (χ2v) is 15.0. The lowest BCUT2D eigenvalue weighted by atomic mass is 9.55. The number of aryl methyl sites for hydroxylation is 8. The minimum atomic E-state index is -0.619. The summed E-state index contributed by atoms with van der Waals surface area (Å²) in [6.45, 7) is 19.0. The maximum Gasteiger partial charge on any atom is 0.154 e. The second kappa shape index (κ2) is 13.7. The van der Waals surface area contributed by atoms with E-state index >= 15 is 4.79 Å². The molecule has 0 aliphatic carbocycles. The van der Waals surface area contributed by atoms with E-state index in [0.717, 1.165) is 38.8 Å². The van der Waals surface area contributed by atoms with Gasteiger partial charge in [-0.25, -0.2) is 0 Å². The number of carbonyl (C=O) groups is 1. The Kier molecular flexibility index (Phi) is 10.2. The first-order valence-corrected chi connectivity index (χ1v) is 17.2. The van der Waals surface area contributed by atoms with Gasteiger partial charge in [0, 0.05) is 12.1 Å². The highest BCUT2D eigenvalue weighted by molar-refractivity contribution is 5.99. The van der Waals surface area contributed by atoms with Gasteiger partial charge < -0.3 is 10.6 Å². The number of carbonyl (C=O) groups excluding carboxylic acids is 1. The van der Waals surface area contributed by atoms with E-state index in [1.54, 1.807) is 0 Å². The minimum absolute atomic E-state index is 0. The van der Waals surface area contributed by atoms with Gasteiger partial charge in [0.2, 0.25) is 0 Å². The quantitative estimate of drug-likeness (QED) is 0.219. The molecule has 3 nitrogen and oxygen atoms in total. The molecule has 2 aliphatic rings. The molecule has 2 N–H and O–H groups in total. The van der Waals surface area contributed by atoms with Crippen LogP contribution in [0.15, 0.2) is 72.8 Å². The maximum absolute atomic E-state index is 16.2. The molecular formula is C43H53ClN2O. The SMILES string of the molecule is Cc1cc(C)cc(C2CC(C(=O)C3(c4cc(C)cc(C)c4)CCNC(c4cc(C)cc(C)c4)C3)(c3cc(C)cc(C)c3)CCN2)c1.Cl. The van der Waals surface area contributed by atoms with Gasteiger partial charge in [-0.2, -0.15) is 0 Å². The van der Waals surface area contributed by atoms with E-state index in [-0.39, 0.29) is 24.5 Å². The molecule has 4 atom stereocenters. The molecule has 0 spiro atoms. The molecule has 47 heavy (non-hydrogen) atoms. The van der Waals surface area contributed by atoms with Gasteiger partial charge in [-0.05, 0) is 116 Å². The molecule has 6 rings (SSSR count). The summed E-state index contributed by atoms with van der Waals surface area (Å²) in [5.74, 6) is 0.404. The van der Waals surface area contributed by atoms with Crippen LogP contribution in [0.4, 0.5) is 0 Å². The second-order valence-electron chi connectivity index (χ2n) is 15.0. The van der Waals surface area contributed by atoms with Gasteiger partial charge in [-0.15, -0.1) is 12.4 Å². The molecule has 2 fully saturated rings. The molecular weight excluding hydrogens is 596 g/mol. The Labute approximate surface area is 289 Å². The summed E-state index contributed by atoms with van der Waals surface area (Å²) < 4.78 is 0. The third kappa shape index (κ3) is 7.00. The first-order valence-electron chi connectivity index (χ1n) is 17.2. The molecule has 4 aromatic rings. The lowest BCUT2D eigenvalue weighted by Crippen LogP contribution is -2.57. The Morgan fingerprint density at radius 1 is 0.489 bits per heavy atom. The number of benzene rings is 4. The number of piperidine rings is 2. The normalized spacial score (nSPS) is 24.4. The van der Waals surface area contributed by atoms with Crippen molar-refractivity contribution in [2.24, 2.45) is 0 Å². The fourth-order valence-corrected chi connectivity index (χ4v) is 9.02. The van der Waals surface area contributed by atoms with E-state index in [1.165, 1.54) is 66.8 Å². The third-order valence-electron chi connectivity index (χ3n) is 10.7. The molecule has 0 amide bonds. The van der Waals surface area contributed by atoms with Crippen molar-refractivity contribution in [2.75, 3.05) is 13.1 Å². The van der Waals surface area contributed by atoms with Gasteiger partial charge in [0.1, 0.15) is 0 Å². The Bertz CT molecular complexity index is 1580. The Hall–Kier alpha value is -3.24. The molecule has 248 valence electrons. The van der Waals surface area contributed by atoms with Crippen LogP contribution in [0.2, 0.25) is 0 Å². The van der Waals surface area contributed by atoms with Crippen molar-refractivity contribution >= 4 is 18.2 Å². The highest BCUT2D eigenvalue weighted by atomic mass is 35.5. The first kappa shape index (κ1) is 35.1. The van der Waals surface area contributed by atoms with Crippen LogP contribution in [-0.2, 0) is 15.6 Å². The molecule has 0 saturated carbocycles. The summed E-state index contributed by atoms with van der Waals surface area (Å²) in [7, 11) is 0. The molecule has 0 radical (unpaired) electrons. The van der Waals surface area contributed by atoms with Gasteiger partial charge in [0.05, 0.1) is 10.8 Å². The van der Waals surface area contributed by atoms with Crippen molar-refractivity contribution in [3.63, 3.8) is 0 Å². The average molecular weight is 649 g/mol. The Morgan fingerprint density at radius 2 is 0.766 bits per heavy atom. The summed E-state index contributed by atoms with van der Waals surface area (Å²) in [6, 6.07) is 27.7. The van der Waals surface area contributed by atoms with E-state index in [1.807, 2.05) is 0 Å². The zero-order valence-electron chi connectivity index (χ0n) is 29.6. The number of ketones is 1. The summed E-state index contributed by atoms with van der Waals surface area (Å²) in [6.07, 6.45) is 3.10. The number of hydrogen-bond acceptors (Lipinski definition) is 3. The lowest BCUT2D eigenvalue weighted by Gasteiger charge is -2.50. The van der Waals surface area contributed by atoms with Gasteiger partial charge in [-0.3, -0.25) is 4.79 Å². The van der Waals surface area contributed by atoms with Crippen LogP contribution in [0, 0.1) is 55.4 Å². The van der Waals surface area contributed by atoms with E-state index in [2.05, 4.69) is 139 Å². The van der Waals surface area contributed by atoms with Crippen LogP contribution >= 0.6 is 12.4 Å². The molecule has 2 saturated heterocycles. The van der Waals surface area contributed by atoms with E-state index in [9.17, 15) is 0 Å². The van der Waals surface area contributed by atoms with Crippen LogP contribution in [0.1, 0.15) is 105 Å². The van der Waals surface area contributed by atoms with Crippen molar-refractivity contribution in [3.8, 4) is 0 Å². The molecule has 2 aliphatic heterocycles. The van der Waals surface area contributed by atoms with Crippen molar-refractivity contribution in [1.29, 1.82) is 0 Å². The summed E-state index contributed by atoms with van der Waals surface area (Å²) in [5.41, 5.74) is 13.7. The molecule has 2 heterocycles. The van der Waals surface area contributed by atoms with Gasteiger partial charge in [-0.1, -0.05) is 117 Å². The van der Waals surface area contributed by atoms with Gasteiger partial charge in [0.25, 0.3) is 0 Å². The minimum Gasteiger partial charge on any atom is -0.310 e. The standard InChI is InChI=1S/C43H52N2O.ClH/c1-27-13-28(2)18-35(17-27)39-25-42(9-11-44-39,37-21-31(5)15-32(6)22-37)41(46)43(38-23-33(7)16-34(8)24-38)10-12-45-40(26-43)36-19-29(3)14-30(4)20-36;/h13-24,39-40,44-45H,9-12,25-26H2,1-8H3;1H. The summed E-state index contributed by atoms with van der Waals surface area (Å²) in [5, 5.41) is 7.71. The van der Waals surface area contributed by atoms with Crippen molar-refractivity contribution in [2.45, 2.75) is 104 Å². The fraction of sp³-hybridized carbons (Fsp3) is 0.419. The van der Waals surface area contributed by atoms with Gasteiger partial charge >= 0.3 is 0 Å². The molecule has 4 unspecified atom stereocenters. The zero-order chi connectivity index (χ0) is 32.8. The predicted molar refractivity (Wildman–Crippen MR) is 199 cm³/mol. The zero-order valence-corrected chi connectivity index (χ0v) is 30.5. The topological polar surface area (TPSA) is 41.1 Å². The van der Waals surface area contributed by atoms with Crippen LogP contribution in [0.5, 0.6) is 0 Å². The van der Waals surface area contributed by atoms with Crippen molar-refractivity contribution in [1.82, 2.24) is 10.6 Å². The molecule has 4 heteroatoms. The number of nitrogens with one attached hydrogen (secondary N) is 2. The number of hydrogen-bond donors (Lipinski definition) is 2. The third-order valence-corrected chi connectivity index (χ3v) is 10.7. The number of rotatable bonds is 6. The van der Waals surface area contributed by atoms with Crippen LogP contribution in [0.3, 0.4) is 0 Å². The first-order chi connectivity index (χ1) is 21.9. The highest BCUT2D eigenvalue weighted by Crippen LogP contribution is 2.51. The molecule has 4 aromatic carbocycles. The molecule has 0 aromatic heterocycles. The monoisotopic (exact) mass is 648 g/mol. The van der Waals surface area contributed by atoms with E-state index < -0.39 is 10.8 Å². The van der Waals surface area contributed by atoms with Crippen LogP contribution in [-0.4, -0.2) is 18.9 Å². The van der Waals surface area contributed by atoms with Crippen molar-refractivity contribution < 1.29 is 4.79 Å². The Balaban J connectivity index is 0.00000433. The van der Waals surface area contributed by atoms with Gasteiger partial charge in [0.15, 0.2) is 5.78 Å². The van der Waals surface area contributed by atoms with Crippen LogP contribution in [0.25, 0.3) is 0 Å². The smallest absolute Gasteiger partial charge is 0.154 e. The number of Topliss-reactive ketones (excluding diaryl/α,β-unsaturated/α-hetero) is 1. The van der Waals surface area contributed by atoms with E-state index in [4.69, 9.17) is 0 Å². The molecule has 0 bridgehead atoms. The van der Waals surface area contributed by atoms with Crippen LogP contribution < -0.4 is 10.6 Å². The summed E-state index contributed by atoms with van der Waals surface area (Å²) in [4.78, 5) is 16.2. The number of halogens is 1. The lowest BCUT2D eigenvalue weighted by molar-refractivity contribution is -0.133. The van der Waals surface area contributed by atoms with Crippen molar-refractivity contribution in [3.05, 3.63) is 140 Å². The summed E-state index contributed by atoms with van der Waals surface area (Å²) >= 11 is 0. The largest absolute Gasteiger partial charge is 0.310 e.